The fourth-order valence-electron chi connectivity index (χ4n) is 1.65. The molecular weight excluding hydrogens is 164 g/mol. The lowest BCUT2D eigenvalue weighted by Crippen LogP contribution is -2.22. The van der Waals surface area contributed by atoms with Crippen molar-refractivity contribution in [1.82, 2.24) is 0 Å². The molecule has 0 amide bonds. The molecule has 0 heterocycles. The highest BCUT2D eigenvalue weighted by molar-refractivity contribution is 5.42. The molecule has 0 aliphatic rings. The molecule has 0 saturated heterocycles. The van der Waals surface area contributed by atoms with Gasteiger partial charge in [-0.25, -0.2) is 0 Å². The largest absolute Gasteiger partial charge is 0.508 e. The standard InChI is InChI=1S/C10H16N2O/c1-6-3-8(13)4-7(2)10(6)9(12)5-11/h3-4,9,13H,5,11-12H2,1-2H3/t9-/m1/s1. The van der Waals surface area contributed by atoms with Gasteiger partial charge in [0, 0.05) is 12.6 Å². The molecule has 3 heteroatoms. The summed E-state index contributed by atoms with van der Waals surface area (Å²) in [5, 5.41) is 9.30. The van der Waals surface area contributed by atoms with E-state index < -0.39 is 0 Å². The third kappa shape index (κ3) is 1.99. The normalized spacial score (nSPS) is 12.9. The van der Waals surface area contributed by atoms with Crippen molar-refractivity contribution in [2.24, 2.45) is 11.5 Å². The van der Waals surface area contributed by atoms with Gasteiger partial charge < -0.3 is 16.6 Å². The van der Waals surface area contributed by atoms with Crippen LogP contribution < -0.4 is 11.5 Å². The maximum atomic E-state index is 9.30. The number of phenols is 1. The summed E-state index contributed by atoms with van der Waals surface area (Å²) in [4.78, 5) is 0. The van der Waals surface area contributed by atoms with Crippen LogP contribution in [0.2, 0.25) is 0 Å². The summed E-state index contributed by atoms with van der Waals surface area (Å²) in [7, 11) is 0. The Labute approximate surface area is 78.4 Å². The Hall–Kier alpha value is -1.06. The average Bonchev–Trinajstić information content (AvgIpc) is 2.02. The lowest BCUT2D eigenvalue weighted by molar-refractivity contribution is 0.473. The number of aromatic hydroxyl groups is 1. The lowest BCUT2D eigenvalue weighted by Gasteiger charge is -2.15. The van der Waals surface area contributed by atoms with Gasteiger partial charge in [0.25, 0.3) is 0 Å². The zero-order chi connectivity index (χ0) is 10.0. The maximum Gasteiger partial charge on any atom is 0.116 e. The molecule has 0 aliphatic carbocycles. The van der Waals surface area contributed by atoms with Crippen LogP contribution in [0.3, 0.4) is 0 Å². The summed E-state index contributed by atoms with van der Waals surface area (Å²) < 4.78 is 0. The molecule has 1 atom stereocenters. The van der Waals surface area contributed by atoms with Gasteiger partial charge >= 0.3 is 0 Å². The summed E-state index contributed by atoms with van der Waals surface area (Å²) in [6, 6.07) is 3.27. The third-order valence-corrected chi connectivity index (χ3v) is 2.20. The predicted octanol–water partition coefficient (Wildman–Crippen LogP) is 0.968. The molecule has 0 aromatic heterocycles. The predicted molar refractivity (Wildman–Crippen MR) is 53.6 cm³/mol. The van der Waals surface area contributed by atoms with Gasteiger partial charge in [0.2, 0.25) is 0 Å². The van der Waals surface area contributed by atoms with Gasteiger partial charge in [0.1, 0.15) is 5.75 Å². The number of phenolic OH excluding ortho intramolecular Hbond substituents is 1. The first-order chi connectivity index (χ1) is 6.06. The van der Waals surface area contributed by atoms with E-state index >= 15 is 0 Å². The van der Waals surface area contributed by atoms with Gasteiger partial charge in [-0.2, -0.15) is 0 Å². The number of rotatable bonds is 2. The molecule has 0 unspecified atom stereocenters. The average molecular weight is 180 g/mol. The Kier molecular flexibility index (Phi) is 2.90. The van der Waals surface area contributed by atoms with Crippen molar-refractivity contribution in [3.63, 3.8) is 0 Å². The van der Waals surface area contributed by atoms with E-state index in [9.17, 15) is 5.11 Å². The minimum Gasteiger partial charge on any atom is -0.508 e. The number of nitrogens with two attached hydrogens (primary N) is 2. The second kappa shape index (κ2) is 3.77. The van der Waals surface area contributed by atoms with Crippen LogP contribution in [0.15, 0.2) is 12.1 Å². The topological polar surface area (TPSA) is 72.3 Å². The smallest absolute Gasteiger partial charge is 0.116 e. The molecule has 72 valence electrons. The van der Waals surface area contributed by atoms with Crippen molar-refractivity contribution in [2.75, 3.05) is 6.54 Å². The molecular formula is C10H16N2O. The van der Waals surface area contributed by atoms with E-state index in [1.54, 1.807) is 12.1 Å². The van der Waals surface area contributed by atoms with Gasteiger partial charge in [-0.15, -0.1) is 0 Å². The van der Waals surface area contributed by atoms with Crippen molar-refractivity contribution in [3.8, 4) is 5.75 Å². The molecule has 3 nitrogen and oxygen atoms in total. The molecule has 1 rings (SSSR count). The molecule has 1 aromatic carbocycles. The van der Waals surface area contributed by atoms with Crippen molar-refractivity contribution in [1.29, 1.82) is 0 Å². The lowest BCUT2D eigenvalue weighted by atomic mass is 9.96. The third-order valence-electron chi connectivity index (χ3n) is 2.20. The van der Waals surface area contributed by atoms with Crippen molar-refractivity contribution >= 4 is 0 Å². The molecule has 1 aromatic rings. The van der Waals surface area contributed by atoms with Crippen LogP contribution in [-0.2, 0) is 0 Å². The summed E-state index contributed by atoms with van der Waals surface area (Å²) in [6.45, 7) is 4.28. The highest BCUT2D eigenvalue weighted by atomic mass is 16.3. The fourth-order valence-corrected chi connectivity index (χ4v) is 1.65. The molecule has 0 bridgehead atoms. The molecule has 0 saturated carbocycles. The SMILES string of the molecule is Cc1cc(O)cc(C)c1[C@H](N)CN. The molecule has 0 fully saturated rings. The summed E-state index contributed by atoms with van der Waals surface area (Å²) in [5.74, 6) is 0.281. The Morgan fingerprint density at radius 2 is 1.77 bits per heavy atom. The second-order valence-corrected chi connectivity index (χ2v) is 3.34. The van der Waals surface area contributed by atoms with E-state index in [1.165, 1.54) is 0 Å². The van der Waals surface area contributed by atoms with E-state index in [1.807, 2.05) is 13.8 Å². The zero-order valence-corrected chi connectivity index (χ0v) is 8.04. The minimum atomic E-state index is -0.138. The van der Waals surface area contributed by atoms with Gasteiger partial charge in [-0.05, 0) is 42.7 Å². The van der Waals surface area contributed by atoms with E-state index in [0.29, 0.717) is 6.54 Å². The zero-order valence-electron chi connectivity index (χ0n) is 8.04. The van der Waals surface area contributed by atoms with Gasteiger partial charge in [-0.1, -0.05) is 0 Å². The number of hydrogen-bond acceptors (Lipinski definition) is 3. The van der Waals surface area contributed by atoms with Crippen LogP contribution in [0.25, 0.3) is 0 Å². The van der Waals surface area contributed by atoms with Crippen LogP contribution in [0.5, 0.6) is 5.75 Å². The molecule has 0 spiro atoms. The van der Waals surface area contributed by atoms with Crippen LogP contribution in [0.1, 0.15) is 22.7 Å². The molecule has 13 heavy (non-hydrogen) atoms. The maximum absolute atomic E-state index is 9.30. The van der Waals surface area contributed by atoms with Crippen LogP contribution in [0.4, 0.5) is 0 Å². The fraction of sp³-hybridized carbons (Fsp3) is 0.400. The highest BCUT2D eigenvalue weighted by Crippen LogP contribution is 2.24. The van der Waals surface area contributed by atoms with Gasteiger partial charge in [-0.3, -0.25) is 0 Å². The van der Waals surface area contributed by atoms with Gasteiger partial charge in [0.15, 0.2) is 0 Å². The summed E-state index contributed by atoms with van der Waals surface area (Å²) in [6.07, 6.45) is 0. The highest BCUT2D eigenvalue weighted by Gasteiger charge is 2.10. The summed E-state index contributed by atoms with van der Waals surface area (Å²) in [5.41, 5.74) is 14.4. The van der Waals surface area contributed by atoms with E-state index in [4.69, 9.17) is 11.5 Å². The first-order valence-corrected chi connectivity index (χ1v) is 4.32. The van der Waals surface area contributed by atoms with Crippen LogP contribution >= 0.6 is 0 Å². The number of benzene rings is 1. The van der Waals surface area contributed by atoms with E-state index in [2.05, 4.69) is 0 Å². The quantitative estimate of drug-likeness (QED) is 0.635. The summed E-state index contributed by atoms with van der Waals surface area (Å²) >= 11 is 0. The Bertz CT molecular complexity index is 287. The minimum absolute atomic E-state index is 0.138. The monoisotopic (exact) mass is 180 g/mol. The van der Waals surface area contributed by atoms with E-state index in [-0.39, 0.29) is 11.8 Å². The molecule has 5 N–H and O–H groups in total. The van der Waals surface area contributed by atoms with Crippen molar-refractivity contribution in [3.05, 3.63) is 28.8 Å². The first-order valence-electron chi connectivity index (χ1n) is 4.32. The Morgan fingerprint density at radius 3 is 2.15 bits per heavy atom. The van der Waals surface area contributed by atoms with E-state index in [0.717, 1.165) is 16.7 Å². The van der Waals surface area contributed by atoms with Crippen molar-refractivity contribution in [2.45, 2.75) is 19.9 Å². The number of hydrogen-bond donors (Lipinski definition) is 3. The van der Waals surface area contributed by atoms with Crippen molar-refractivity contribution < 1.29 is 5.11 Å². The first kappa shape index (κ1) is 10.0. The Balaban J connectivity index is 3.20. The Morgan fingerprint density at radius 1 is 1.31 bits per heavy atom. The number of aryl methyl sites for hydroxylation is 2. The molecule has 0 radical (unpaired) electrons. The van der Waals surface area contributed by atoms with Gasteiger partial charge in [0.05, 0.1) is 0 Å². The second-order valence-electron chi connectivity index (χ2n) is 3.34. The molecule has 0 aliphatic heterocycles. The van der Waals surface area contributed by atoms with Crippen LogP contribution in [-0.4, -0.2) is 11.7 Å². The van der Waals surface area contributed by atoms with Crippen LogP contribution in [0, 0.1) is 13.8 Å².